The highest BCUT2D eigenvalue weighted by Crippen LogP contribution is 2.51. The molecule has 0 bridgehead atoms. The van der Waals surface area contributed by atoms with Crippen LogP contribution in [0.25, 0.3) is 11.1 Å². The molecule has 0 aliphatic heterocycles. The fourth-order valence-corrected chi connectivity index (χ4v) is 5.58. The van der Waals surface area contributed by atoms with Gasteiger partial charge >= 0.3 is 0 Å². The maximum absolute atomic E-state index is 13.7. The van der Waals surface area contributed by atoms with Gasteiger partial charge in [0.2, 0.25) is 5.91 Å². The quantitative estimate of drug-likeness (QED) is 0.273. The van der Waals surface area contributed by atoms with E-state index in [0.717, 1.165) is 61.0 Å². The summed E-state index contributed by atoms with van der Waals surface area (Å²) in [6, 6.07) is 8.93. The van der Waals surface area contributed by atoms with Gasteiger partial charge in [-0.05, 0) is 86.5 Å². The average molecular weight is 519 g/mol. The SMILES string of the molecule is CCc1n[nH]c(CC)c1-c1ccc(NC(=O)[C@@H](NC(=O)c2ccnn2CCCO)C(C2CC2)C2CC2)cc1. The molecule has 0 spiro atoms. The maximum atomic E-state index is 13.7. The molecule has 2 heterocycles. The van der Waals surface area contributed by atoms with E-state index in [1.807, 2.05) is 24.3 Å². The van der Waals surface area contributed by atoms with Gasteiger partial charge in [-0.25, -0.2) is 0 Å². The fraction of sp³-hybridized carbons (Fsp3) is 0.517. The van der Waals surface area contributed by atoms with Crippen molar-refractivity contribution < 1.29 is 14.7 Å². The normalized spacial score (nSPS) is 16.0. The number of aliphatic hydroxyl groups is 1. The van der Waals surface area contributed by atoms with E-state index < -0.39 is 6.04 Å². The van der Waals surface area contributed by atoms with Crippen molar-refractivity contribution in [1.29, 1.82) is 0 Å². The lowest BCUT2D eigenvalue weighted by atomic mass is 9.88. The molecule has 5 rings (SSSR count). The maximum Gasteiger partial charge on any atom is 0.270 e. The minimum absolute atomic E-state index is 0.0241. The standard InChI is InChI=1S/C29H38N6O3/c1-3-22-26(23(4-2)34-33-22)20-10-12-21(13-11-20)31-29(38)27(25(18-6-7-18)19-8-9-19)32-28(37)24-14-15-30-35(24)16-5-17-36/h10-15,18-19,25,27,36H,3-9,16-17H2,1-2H3,(H,31,38)(H,32,37)(H,33,34)/t27-/m0/s1. The van der Waals surface area contributed by atoms with Gasteiger partial charge in [-0.1, -0.05) is 26.0 Å². The Morgan fingerprint density at radius 2 is 1.79 bits per heavy atom. The van der Waals surface area contributed by atoms with E-state index in [9.17, 15) is 14.7 Å². The first-order valence-electron chi connectivity index (χ1n) is 13.9. The minimum Gasteiger partial charge on any atom is -0.396 e. The summed E-state index contributed by atoms with van der Waals surface area (Å²) in [7, 11) is 0. The first kappa shape index (κ1) is 26.2. The molecule has 9 heteroatoms. The molecule has 2 aromatic heterocycles. The van der Waals surface area contributed by atoms with Gasteiger partial charge in [0, 0.05) is 36.3 Å². The molecule has 2 aliphatic carbocycles. The smallest absolute Gasteiger partial charge is 0.270 e. The number of rotatable bonds is 13. The van der Waals surface area contributed by atoms with Gasteiger partial charge in [-0.3, -0.25) is 19.4 Å². The zero-order valence-electron chi connectivity index (χ0n) is 22.2. The number of anilines is 1. The number of hydrogen-bond donors (Lipinski definition) is 4. The fourth-order valence-electron chi connectivity index (χ4n) is 5.58. The topological polar surface area (TPSA) is 125 Å². The second-order valence-electron chi connectivity index (χ2n) is 10.5. The van der Waals surface area contributed by atoms with Gasteiger partial charge in [0.05, 0.1) is 5.69 Å². The van der Waals surface area contributed by atoms with E-state index in [1.54, 1.807) is 16.9 Å². The molecule has 38 heavy (non-hydrogen) atoms. The molecule has 2 fully saturated rings. The number of nitrogens with zero attached hydrogens (tertiary/aromatic N) is 3. The molecule has 1 aromatic carbocycles. The molecule has 2 saturated carbocycles. The van der Waals surface area contributed by atoms with E-state index in [2.05, 4.69) is 39.8 Å². The minimum atomic E-state index is -0.615. The first-order chi connectivity index (χ1) is 18.5. The number of aliphatic hydroxyl groups excluding tert-OH is 1. The molecule has 0 saturated heterocycles. The molecule has 0 unspecified atom stereocenters. The van der Waals surface area contributed by atoms with E-state index in [-0.39, 0.29) is 24.3 Å². The van der Waals surface area contributed by atoms with Crippen LogP contribution in [0, 0.1) is 17.8 Å². The van der Waals surface area contributed by atoms with E-state index >= 15 is 0 Å². The number of aromatic amines is 1. The average Bonchev–Trinajstić information content (AvgIpc) is 3.86. The van der Waals surface area contributed by atoms with Gasteiger partial charge < -0.3 is 15.7 Å². The van der Waals surface area contributed by atoms with Crippen molar-refractivity contribution in [3.63, 3.8) is 0 Å². The van der Waals surface area contributed by atoms with Crippen LogP contribution in [0.2, 0.25) is 0 Å². The lowest BCUT2D eigenvalue weighted by Crippen LogP contribution is -2.50. The molecule has 202 valence electrons. The van der Waals surface area contributed by atoms with Gasteiger partial charge in [0.15, 0.2) is 0 Å². The Morgan fingerprint density at radius 1 is 1.08 bits per heavy atom. The van der Waals surface area contributed by atoms with Crippen LogP contribution >= 0.6 is 0 Å². The Bertz CT molecular complexity index is 1220. The number of aromatic nitrogens is 4. The van der Waals surface area contributed by atoms with Crippen LogP contribution in [0.15, 0.2) is 36.5 Å². The number of nitrogens with one attached hydrogen (secondary N) is 3. The molecule has 0 radical (unpaired) electrons. The van der Waals surface area contributed by atoms with Crippen LogP contribution in [0.3, 0.4) is 0 Å². The Kier molecular flexibility index (Phi) is 7.93. The van der Waals surface area contributed by atoms with Crippen molar-refractivity contribution in [3.05, 3.63) is 53.6 Å². The van der Waals surface area contributed by atoms with Gasteiger partial charge in [0.25, 0.3) is 5.91 Å². The number of H-pyrrole nitrogens is 1. The third-order valence-corrected chi connectivity index (χ3v) is 7.81. The lowest BCUT2D eigenvalue weighted by Gasteiger charge is -2.27. The van der Waals surface area contributed by atoms with Crippen LogP contribution < -0.4 is 10.6 Å². The number of amides is 2. The highest BCUT2D eigenvalue weighted by molar-refractivity contribution is 6.01. The van der Waals surface area contributed by atoms with Gasteiger partial charge in [-0.2, -0.15) is 10.2 Å². The van der Waals surface area contributed by atoms with Gasteiger partial charge in [0.1, 0.15) is 11.7 Å². The number of hydrogen-bond acceptors (Lipinski definition) is 5. The molecular formula is C29H38N6O3. The summed E-state index contributed by atoms with van der Waals surface area (Å²) in [5.74, 6) is 0.601. The molecule has 3 aromatic rings. The second-order valence-corrected chi connectivity index (χ2v) is 10.5. The highest BCUT2D eigenvalue weighted by atomic mass is 16.3. The zero-order chi connectivity index (χ0) is 26.6. The largest absolute Gasteiger partial charge is 0.396 e. The van der Waals surface area contributed by atoms with E-state index in [1.165, 1.54) is 0 Å². The van der Waals surface area contributed by atoms with Crippen molar-refractivity contribution in [2.75, 3.05) is 11.9 Å². The molecule has 2 amide bonds. The van der Waals surface area contributed by atoms with Crippen molar-refractivity contribution in [1.82, 2.24) is 25.3 Å². The van der Waals surface area contributed by atoms with E-state index in [0.29, 0.717) is 36.2 Å². The lowest BCUT2D eigenvalue weighted by molar-refractivity contribution is -0.119. The van der Waals surface area contributed by atoms with Gasteiger partial charge in [-0.15, -0.1) is 0 Å². The Morgan fingerprint density at radius 3 is 2.39 bits per heavy atom. The summed E-state index contributed by atoms with van der Waals surface area (Å²) in [5, 5.41) is 27.2. The van der Waals surface area contributed by atoms with Crippen LogP contribution in [0.4, 0.5) is 5.69 Å². The number of carbonyl (C=O) groups is 2. The summed E-state index contributed by atoms with van der Waals surface area (Å²) >= 11 is 0. The summed E-state index contributed by atoms with van der Waals surface area (Å²) < 4.78 is 1.59. The van der Waals surface area contributed by atoms with Crippen molar-refractivity contribution in [3.8, 4) is 11.1 Å². The summed E-state index contributed by atoms with van der Waals surface area (Å²) in [6.45, 7) is 4.67. The molecular weight excluding hydrogens is 480 g/mol. The summed E-state index contributed by atoms with van der Waals surface area (Å²) in [4.78, 5) is 27.0. The van der Waals surface area contributed by atoms with Crippen molar-refractivity contribution in [2.45, 2.75) is 71.4 Å². The van der Waals surface area contributed by atoms with E-state index in [4.69, 9.17) is 0 Å². The monoisotopic (exact) mass is 518 g/mol. The Hall–Kier alpha value is -3.46. The zero-order valence-corrected chi connectivity index (χ0v) is 22.2. The second kappa shape index (κ2) is 11.5. The molecule has 2 aliphatic rings. The molecule has 1 atom stereocenters. The molecule has 9 nitrogen and oxygen atoms in total. The Labute approximate surface area is 223 Å². The molecule has 4 N–H and O–H groups in total. The predicted octanol–water partition coefficient (Wildman–Crippen LogP) is 3.95. The van der Waals surface area contributed by atoms with Crippen molar-refractivity contribution in [2.24, 2.45) is 17.8 Å². The predicted molar refractivity (Wildman–Crippen MR) is 146 cm³/mol. The van der Waals surface area contributed by atoms with Crippen molar-refractivity contribution >= 4 is 17.5 Å². The summed E-state index contributed by atoms with van der Waals surface area (Å²) in [6.07, 6.45) is 8.22. The van der Waals surface area contributed by atoms with Crippen LogP contribution in [-0.4, -0.2) is 49.5 Å². The Balaban J connectivity index is 1.34. The summed E-state index contributed by atoms with van der Waals surface area (Å²) in [5.41, 5.74) is 5.46. The highest BCUT2D eigenvalue weighted by Gasteiger charge is 2.48. The number of carbonyl (C=O) groups excluding carboxylic acids is 2. The van der Waals surface area contributed by atoms with Crippen LogP contribution in [-0.2, 0) is 24.2 Å². The van der Waals surface area contributed by atoms with Crippen LogP contribution in [0.1, 0.15) is 67.8 Å². The first-order valence-corrected chi connectivity index (χ1v) is 13.9. The number of aryl methyl sites for hydroxylation is 3. The van der Waals surface area contributed by atoms with Crippen LogP contribution in [0.5, 0.6) is 0 Å². The number of benzene rings is 1. The third-order valence-electron chi connectivity index (χ3n) is 7.81. The third kappa shape index (κ3) is 5.67.